The first-order valence-corrected chi connectivity index (χ1v) is 8.77. The predicted octanol–water partition coefficient (Wildman–Crippen LogP) is 6.64. The molecule has 0 unspecified atom stereocenters. The molecule has 0 aromatic heterocycles. The minimum atomic E-state index is 1.05. The van der Waals surface area contributed by atoms with Crippen molar-refractivity contribution in [3.8, 4) is 0 Å². The van der Waals surface area contributed by atoms with Crippen molar-refractivity contribution in [2.75, 3.05) is 5.32 Å². The minimum absolute atomic E-state index is 1.05. The van der Waals surface area contributed by atoms with Crippen LogP contribution in [0.25, 0.3) is 11.1 Å². The Labute approximate surface area is 155 Å². The highest BCUT2D eigenvalue weighted by Crippen LogP contribution is 2.42. The molecule has 4 rings (SSSR count). The van der Waals surface area contributed by atoms with Gasteiger partial charge in [-0.1, -0.05) is 55.6 Å². The average molecular weight is 335 g/mol. The smallest absolute Gasteiger partial charge is 0.0477 e. The van der Waals surface area contributed by atoms with Crippen LogP contribution in [0.5, 0.6) is 0 Å². The topological polar surface area (TPSA) is 12.0 Å². The fourth-order valence-electron chi connectivity index (χ4n) is 3.69. The molecule has 126 valence electrons. The Hall–Kier alpha value is -3.28. The van der Waals surface area contributed by atoms with E-state index in [1.165, 1.54) is 16.7 Å². The van der Waals surface area contributed by atoms with Gasteiger partial charge in [0.25, 0.3) is 0 Å². The van der Waals surface area contributed by atoms with Crippen molar-refractivity contribution in [2.24, 2.45) is 0 Å². The van der Waals surface area contributed by atoms with Crippen molar-refractivity contribution in [3.63, 3.8) is 0 Å². The van der Waals surface area contributed by atoms with Crippen LogP contribution in [0.1, 0.15) is 33.4 Å². The molecule has 0 amide bonds. The van der Waals surface area contributed by atoms with Gasteiger partial charge in [-0.15, -0.1) is 5.73 Å². The lowest BCUT2D eigenvalue weighted by molar-refractivity contribution is 1.35. The van der Waals surface area contributed by atoms with E-state index in [-0.39, 0.29) is 0 Å². The molecule has 1 aliphatic heterocycles. The third-order valence-electron chi connectivity index (χ3n) is 5.07. The number of hydrogen-bond acceptors (Lipinski definition) is 1. The van der Waals surface area contributed by atoms with E-state index in [0.29, 0.717) is 0 Å². The predicted molar refractivity (Wildman–Crippen MR) is 112 cm³/mol. The summed E-state index contributed by atoms with van der Waals surface area (Å²) in [4.78, 5) is 0. The second-order valence-corrected chi connectivity index (χ2v) is 6.73. The van der Waals surface area contributed by atoms with Gasteiger partial charge in [0.05, 0.1) is 0 Å². The number of fused-ring (bicyclic) bond motifs is 2. The van der Waals surface area contributed by atoms with Gasteiger partial charge in [0, 0.05) is 28.1 Å². The summed E-state index contributed by atoms with van der Waals surface area (Å²) >= 11 is 0. The van der Waals surface area contributed by atoms with E-state index in [2.05, 4.69) is 86.6 Å². The Morgan fingerprint density at radius 2 is 1.54 bits per heavy atom. The lowest BCUT2D eigenvalue weighted by Crippen LogP contribution is -2.07. The van der Waals surface area contributed by atoms with E-state index < -0.39 is 0 Å². The monoisotopic (exact) mass is 335 g/mol. The van der Waals surface area contributed by atoms with E-state index in [1.54, 1.807) is 0 Å². The summed E-state index contributed by atoms with van der Waals surface area (Å²) in [5, 5.41) is 3.56. The van der Waals surface area contributed by atoms with Gasteiger partial charge in [0.1, 0.15) is 0 Å². The lowest BCUT2D eigenvalue weighted by Gasteiger charge is -2.25. The van der Waals surface area contributed by atoms with Crippen LogP contribution >= 0.6 is 0 Å². The highest BCUT2D eigenvalue weighted by Gasteiger charge is 2.21. The van der Waals surface area contributed by atoms with Crippen molar-refractivity contribution in [3.05, 3.63) is 113 Å². The zero-order chi connectivity index (χ0) is 18.3. The minimum Gasteiger partial charge on any atom is -0.354 e. The first-order chi connectivity index (χ1) is 12.6. The maximum atomic E-state index is 4.39. The average Bonchev–Trinajstić information content (AvgIpc) is 2.65. The summed E-state index contributed by atoms with van der Waals surface area (Å²) in [5.41, 5.74) is 14.5. The zero-order valence-electron chi connectivity index (χ0n) is 15.2. The first-order valence-electron chi connectivity index (χ1n) is 8.77. The molecule has 0 fully saturated rings. The van der Waals surface area contributed by atoms with Crippen molar-refractivity contribution in [2.45, 2.75) is 13.8 Å². The van der Waals surface area contributed by atoms with Crippen molar-refractivity contribution in [1.29, 1.82) is 0 Å². The molecule has 0 saturated heterocycles. The van der Waals surface area contributed by atoms with Gasteiger partial charge in [-0.05, 0) is 59.9 Å². The van der Waals surface area contributed by atoms with E-state index in [0.717, 1.165) is 39.2 Å². The normalized spacial score (nSPS) is 11.8. The highest BCUT2D eigenvalue weighted by atomic mass is 14.9. The van der Waals surface area contributed by atoms with Gasteiger partial charge < -0.3 is 5.32 Å². The van der Waals surface area contributed by atoms with Gasteiger partial charge >= 0.3 is 0 Å². The quantitative estimate of drug-likeness (QED) is 0.405. The molecular weight excluding hydrogens is 314 g/mol. The summed E-state index contributed by atoms with van der Waals surface area (Å²) in [6, 6.07) is 21.1. The number of nitrogens with one attached hydrogen (secondary N) is 1. The summed E-state index contributed by atoms with van der Waals surface area (Å²) < 4.78 is 0. The maximum Gasteiger partial charge on any atom is 0.0477 e. The van der Waals surface area contributed by atoms with Crippen molar-refractivity contribution in [1.82, 2.24) is 0 Å². The second kappa shape index (κ2) is 6.22. The Morgan fingerprint density at radius 3 is 2.31 bits per heavy atom. The third kappa shape index (κ3) is 2.50. The number of rotatable bonds is 2. The zero-order valence-corrected chi connectivity index (χ0v) is 15.2. The molecule has 0 radical (unpaired) electrons. The van der Waals surface area contributed by atoms with Gasteiger partial charge in [-0.3, -0.25) is 0 Å². The van der Waals surface area contributed by atoms with Crippen LogP contribution in [-0.4, -0.2) is 0 Å². The molecule has 3 aromatic carbocycles. The fraction of sp³-hybridized carbons (Fsp3) is 0.0800. The first kappa shape index (κ1) is 16.2. The summed E-state index contributed by atoms with van der Waals surface area (Å²) in [5.74, 6) is 0. The second-order valence-electron chi connectivity index (χ2n) is 6.73. The van der Waals surface area contributed by atoms with E-state index in [1.807, 2.05) is 12.1 Å². The molecule has 0 spiro atoms. The molecule has 0 aliphatic carbocycles. The van der Waals surface area contributed by atoms with Crippen LogP contribution in [0.3, 0.4) is 0 Å². The Morgan fingerprint density at radius 1 is 0.808 bits per heavy atom. The number of para-hydroxylation sites is 1. The third-order valence-corrected chi connectivity index (χ3v) is 5.07. The highest BCUT2D eigenvalue weighted by molar-refractivity contribution is 5.98. The molecule has 1 aliphatic rings. The fourth-order valence-corrected chi connectivity index (χ4v) is 3.69. The SMILES string of the molecule is C=C=C1c2ccccc2Nc2cc(C(=C)c3ccccc3C)c(C)cc21. The molecule has 1 nitrogen and oxygen atoms in total. The van der Waals surface area contributed by atoms with Crippen LogP contribution in [0.4, 0.5) is 11.4 Å². The molecule has 0 bridgehead atoms. The summed E-state index contributed by atoms with van der Waals surface area (Å²) in [6.07, 6.45) is 0. The van der Waals surface area contributed by atoms with Crippen LogP contribution in [0.2, 0.25) is 0 Å². The van der Waals surface area contributed by atoms with Gasteiger partial charge in [0.15, 0.2) is 0 Å². The van der Waals surface area contributed by atoms with Gasteiger partial charge in [0.2, 0.25) is 0 Å². The standard InChI is InChI=1S/C25H21N/c1-5-19-21-12-8-9-13-24(21)26-25-15-22(17(3)14-23(19)25)18(4)20-11-7-6-10-16(20)2/h6-15,26H,1,4H2,2-3H3. The number of anilines is 2. The molecule has 0 saturated carbocycles. The molecule has 0 atom stereocenters. The van der Waals surface area contributed by atoms with Crippen LogP contribution < -0.4 is 5.32 Å². The molecule has 26 heavy (non-hydrogen) atoms. The number of benzene rings is 3. The van der Waals surface area contributed by atoms with Crippen molar-refractivity contribution < 1.29 is 0 Å². The molecule has 1 heteroatoms. The summed E-state index contributed by atoms with van der Waals surface area (Å²) in [6.45, 7) is 12.6. The Bertz CT molecular complexity index is 1090. The van der Waals surface area contributed by atoms with Crippen LogP contribution in [0.15, 0.2) is 79.6 Å². The van der Waals surface area contributed by atoms with Crippen LogP contribution in [-0.2, 0) is 0 Å². The van der Waals surface area contributed by atoms with Gasteiger partial charge in [-0.25, -0.2) is 0 Å². The van der Waals surface area contributed by atoms with E-state index in [9.17, 15) is 0 Å². The lowest BCUT2D eigenvalue weighted by atomic mass is 9.86. The largest absolute Gasteiger partial charge is 0.354 e. The van der Waals surface area contributed by atoms with Crippen molar-refractivity contribution >= 4 is 22.5 Å². The van der Waals surface area contributed by atoms with E-state index >= 15 is 0 Å². The molecular formula is C25H21N. The molecule has 1 N–H and O–H groups in total. The molecule has 1 heterocycles. The maximum absolute atomic E-state index is 4.39. The Balaban J connectivity index is 1.87. The molecule has 3 aromatic rings. The Kier molecular flexibility index (Phi) is 3.88. The van der Waals surface area contributed by atoms with E-state index in [4.69, 9.17) is 0 Å². The van der Waals surface area contributed by atoms with Gasteiger partial charge in [-0.2, -0.15) is 0 Å². The summed E-state index contributed by atoms with van der Waals surface area (Å²) in [7, 11) is 0. The number of aryl methyl sites for hydroxylation is 2. The number of hydrogen-bond donors (Lipinski definition) is 1. The van der Waals surface area contributed by atoms with Crippen LogP contribution in [0, 0.1) is 13.8 Å².